The Morgan fingerprint density at radius 2 is 2.00 bits per heavy atom. The van der Waals surface area contributed by atoms with Crippen LogP contribution in [0.25, 0.3) is 0 Å². The van der Waals surface area contributed by atoms with Crippen molar-refractivity contribution in [3.63, 3.8) is 0 Å². The molecule has 0 aliphatic heterocycles. The van der Waals surface area contributed by atoms with Crippen molar-refractivity contribution >= 4 is 23.2 Å². The largest absolute Gasteiger partial charge is 0.508 e. The Hall–Kier alpha value is -2.07. The number of para-hydroxylation sites is 1. The van der Waals surface area contributed by atoms with Gasteiger partial charge in [-0.3, -0.25) is 4.79 Å². The number of anilines is 1. The van der Waals surface area contributed by atoms with E-state index in [9.17, 15) is 14.3 Å². The Labute approximate surface area is 114 Å². The minimum Gasteiger partial charge on any atom is -0.508 e. The predicted octanol–water partition coefficient (Wildman–Crippen LogP) is 3.37. The summed E-state index contributed by atoms with van der Waals surface area (Å²) in [6, 6.07) is 10.2. The predicted molar refractivity (Wildman–Crippen MR) is 71.9 cm³/mol. The molecule has 0 aliphatic carbocycles. The number of phenols is 1. The van der Waals surface area contributed by atoms with Crippen LogP contribution in [-0.4, -0.2) is 11.0 Å². The van der Waals surface area contributed by atoms with Crippen LogP contribution in [0.3, 0.4) is 0 Å². The number of amides is 1. The molecule has 0 aromatic heterocycles. The maximum Gasteiger partial charge on any atom is 0.228 e. The molecule has 1 amide bonds. The van der Waals surface area contributed by atoms with Crippen molar-refractivity contribution in [2.45, 2.75) is 6.42 Å². The molecule has 0 spiro atoms. The first-order valence-corrected chi connectivity index (χ1v) is 5.96. The van der Waals surface area contributed by atoms with Crippen molar-refractivity contribution in [2.75, 3.05) is 5.32 Å². The van der Waals surface area contributed by atoms with E-state index >= 15 is 0 Å². The number of carbonyl (C=O) groups excluding carboxylic acids is 1. The van der Waals surface area contributed by atoms with E-state index < -0.39 is 5.82 Å². The second-order valence-electron chi connectivity index (χ2n) is 3.98. The highest BCUT2D eigenvalue weighted by atomic mass is 35.5. The first-order valence-electron chi connectivity index (χ1n) is 5.58. The fraction of sp³-hybridized carbons (Fsp3) is 0.0714. The van der Waals surface area contributed by atoms with E-state index in [0.29, 0.717) is 5.56 Å². The summed E-state index contributed by atoms with van der Waals surface area (Å²) in [6.45, 7) is 0. The third-order valence-corrected chi connectivity index (χ3v) is 2.87. The summed E-state index contributed by atoms with van der Waals surface area (Å²) in [5.74, 6) is -0.820. The molecule has 0 radical (unpaired) electrons. The summed E-state index contributed by atoms with van der Waals surface area (Å²) in [4.78, 5) is 11.8. The number of nitrogens with one attached hydrogen (secondary N) is 1. The van der Waals surface area contributed by atoms with Crippen LogP contribution < -0.4 is 5.32 Å². The Morgan fingerprint density at radius 3 is 2.74 bits per heavy atom. The van der Waals surface area contributed by atoms with Gasteiger partial charge in [0, 0.05) is 5.56 Å². The van der Waals surface area contributed by atoms with Gasteiger partial charge in [-0.25, -0.2) is 4.39 Å². The van der Waals surface area contributed by atoms with E-state index in [-0.39, 0.29) is 28.8 Å². The topological polar surface area (TPSA) is 49.3 Å². The zero-order valence-corrected chi connectivity index (χ0v) is 10.6. The average Bonchev–Trinajstić information content (AvgIpc) is 2.37. The van der Waals surface area contributed by atoms with E-state index in [0.717, 1.165) is 6.07 Å². The number of carbonyl (C=O) groups is 1. The second-order valence-corrected chi connectivity index (χ2v) is 4.39. The number of aromatic hydroxyl groups is 1. The quantitative estimate of drug-likeness (QED) is 0.905. The van der Waals surface area contributed by atoms with Gasteiger partial charge in [-0.15, -0.1) is 0 Å². The van der Waals surface area contributed by atoms with E-state index in [4.69, 9.17) is 11.6 Å². The molecular weight excluding hydrogens is 269 g/mol. The number of hydrogen-bond donors (Lipinski definition) is 2. The molecule has 98 valence electrons. The molecule has 0 aliphatic rings. The van der Waals surface area contributed by atoms with Crippen molar-refractivity contribution < 1.29 is 14.3 Å². The zero-order chi connectivity index (χ0) is 13.8. The highest BCUT2D eigenvalue weighted by molar-refractivity contribution is 6.33. The van der Waals surface area contributed by atoms with Crippen LogP contribution in [0.2, 0.25) is 5.02 Å². The monoisotopic (exact) mass is 279 g/mol. The molecule has 0 saturated heterocycles. The van der Waals surface area contributed by atoms with Crippen LogP contribution in [0.1, 0.15) is 5.56 Å². The van der Waals surface area contributed by atoms with Gasteiger partial charge in [0.15, 0.2) is 0 Å². The Balaban J connectivity index is 2.10. The fourth-order valence-electron chi connectivity index (χ4n) is 1.62. The van der Waals surface area contributed by atoms with Gasteiger partial charge in [0.1, 0.15) is 11.6 Å². The summed E-state index contributed by atoms with van der Waals surface area (Å²) in [6.07, 6.45) is -0.0144. The van der Waals surface area contributed by atoms with Crippen LogP contribution in [0.15, 0.2) is 42.5 Å². The van der Waals surface area contributed by atoms with Gasteiger partial charge in [0.05, 0.1) is 17.1 Å². The van der Waals surface area contributed by atoms with Crippen LogP contribution in [-0.2, 0) is 11.2 Å². The fourth-order valence-corrected chi connectivity index (χ4v) is 1.79. The molecule has 0 unspecified atom stereocenters. The summed E-state index contributed by atoms with van der Waals surface area (Å²) >= 11 is 5.84. The third-order valence-electron chi connectivity index (χ3n) is 2.55. The van der Waals surface area contributed by atoms with Crippen molar-refractivity contribution in [1.29, 1.82) is 0 Å². The molecule has 0 bridgehead atoms. The first-order chi connectivity index (χ1) is 9.06. The molecule has 5 heteroatoms. The average molecular weight is 280 g/mol. The summed E-state index contributed by atoms with van der Waals surface area (Å²) in [5, 5.41) is 12.3. The minimum absolute atomic E-state index is 0.0144. The third kappa shape index (κ3) is 3.45. The molecular formula is C14H11ClFNO2. The smallest absolute Gasteiger partial charge is 0.228 e. The van der Waals surface area contributed by atoms with Crippen LogP contribution in [0.5, 0.6) is 5.75 Å². The molecule has 0 saturated carbocycles. The lowest BCUT2D eigenvalue weighted by atomic mass is 10.1. The van der Waals surface area contributed by atoms with E-state index in [2.05, 4.69) is 5.32 Å². The number of halogens is 2. The van der Waals surface area contributed by atoms with Crippen molar-refractivity contribution in [3.8, 4) is 5.75 Å². The number of rotatable bonds is 3. The van der Waals surface area contributed by atoms with Gasteiger partial charge in [-0.1, -0.05) is 29.8 Å². The van der Waals surface area contributed by atoms with Gasteiger partial charge in [-0.2, -0.15) is 0 Å². The second kappa shape index (κ2) is 5.71. The molecule has 2 N–H and O–H groups in total. The van der Waals surface area contributed by atoms with Crippen molar-refractivity contribution in [3.05, 3.63) is 58.9 Å². The molecule has 0 atom stereocenters. The summed E-state index contributed by atoms with van der Waals surface area (Å²) in [7, 11) is 0. The Bertz CT molecular complexity index is 616. The van der Waals surface area contributed by atoms with Gasteiger partial charge in [0.25, 0.3) is 0 Å². The lowest BCUT2D eigenvalue weighted by Crippen LogP contribution is -2.14. The first kappa shape index (κ1) is 13.4. The van der Waals surface area contributed by atoms with E-state index in [1.54, 1.807) is 18.2 Å². The van der Waals surface area contributed by atoms with Crippen molar-refractivity contribution in [2.24, 2.45) is 0 Å². The summed E-state index contributed by atoms with van der Waals surface area (Å²) in [5.41, 5.74) is 0.703. The summed E-state index contributed by atoms with van der Waals surface area (Å²) < 4.78 is 13.0. The van der Waals surface area contributed by atoms with Crippen molar-refractivity contribution in [1.82, 2.24) is 0 Å². The zero-order valence-electron chi connectivity index (χ0n) is 9.86. The van der Waals surface area contributed by atoms with Gasteiger partial charge < -0.3 is 10.4 Å². The Morgan fingerprint density at radius 1 is 1.26 bits per heavy atom. The molecule has 0 fully saturated rings. The molecule has 3 nitrogen and oxygen atoms in total. The molecule has 19 heavy (non-hydrogen) atoms. The standard InChI is InChI=1S/C14H11ClFNO2/c15-11-6-5-10(16)8-12(11)17-14(19)7-9-3-1-2-4-13(9)18/h1-6,8,18H,7H2,(H,17,19). The SMILES string of the molecule is O=C(Cc1ccccc1O)Nc1cc(F)ccc1Cl. The van der Waals surface area contributed by atoms with Gasteiger partial charge >= 0.3 is 0 Å². The molecule has 2 rings (SSSR count). The Kier molecular flexibility index (Phi) is 4.02. The lowest BCUT2D eigenvalue weighted by Gasteiger charge is -2.08. The van der Waals surface area contributed by atoms with Crippen LogP contribution in [0, 0.1) is 5.82 Å². The van der Waals surface area contributed by atoms with Gasteiger partial charge in [0.2, 0.25) is 5.91 Å². The number of hydrogen-bond acceptors (Lipinski definition) is 2. The molecule has 0 heterocycles. The maximum atomic E-state index is 13.0. The lowest BCUT2D eigenvalue weighted by molar-refractivity contribution is -0.115. The number of benzene rings is 2. The normalized spacial score (nSPS) is 10.2. The maximum absolute atomic E-state index is 13.0. The minimum atomic E-state index is -0.484. The number of phenolic OH excluding ortho intramolecular Hbond substituents is 1. The highest BCUT2D eigenvalue weighted by Crippen LogP contribution is 2.23. The van der Waals surface area contributed by atoms with Crippen LogP contribution >= 0.6 is 11.6 Å². The van der Waals surface area contributed by atoms with Gasteiger partial charge in [-0.05, 0) is 24.3 Å². The highest BCUT2D eigenvalue weighted by Gasteiger charge is 2.10. The van der Waals surface area contributed by atoms with E-state index in [1.165, 1.54) is 18.2 Å². The van der Waals surface area contributed by atoms with Crippen LogP contribution in [0.4, 0.5) is 10.1 Å². The molecule has 2 aromatic carbocycles. The molecule has 2 aromatic rings. The van der Waals surface area contributed by atoms with E-state index in [1.807, 2.05) is 0 Å².